The second-order valence-corrected chi connectivity index (χ2v) is 27.8. The maximum absolute atomic E-state index is 13.1. The maximum atomic E-state index is 13.1. The number of nitrogens with one attached hydrogen (secondary N) is 1. The Labute approximate surface area is 562 Å². The zero-order valence-electron chi connectivity index (χ0n) is 59.8. The average Bonchev–Trinajstić information content (AvgIpc) is 1.12. The van der Waals surface area contributed by atoms with Crippen LogP contribution >= 0.6 is 0 Å². The molecule has 1 amide bonds. The molecule has 11 nitrogen and oxygen atoms in total. The Morgan fingerprint density at radius 3 is 1.09 bits per heavy atom. The molecular weight excluding hydrogens is 1130 g/mol. The lowest BCUT2D eigenvalue weighted by Gasteiger charge is -2.40. The van der Waals surface area contributed by atoms with Crippen LogP contribution in [-0.2, 0) is 23.8 Å². The molecule has 1 heterocycles. The third-order valence-electron chi connectivity index (χ3n) is 19.0. The summed E-state index contributed by atoms with van der Waals surface area (Å²) in [6.45, 7) is 4.35. The van der Waals surface area contributed by atoms with Gasteiger partial charge in [-0.3, -0.25) is 9.59 Å². The molecule has 1 rings (SSSR count). The van der Waals surface area contributed by atoms with Crippen molar-refractivity contribution in [1.82, 2.24) is 5.32 Å². The Kier molecular flexibility index (Phi) is 66.1. The van der Waals surface area contributed by atoms with Crippen LogP contribution in [0, 0.1) is 0 Å². The minimum absolute atomic E-state index is 0.0187. The van der Waals surface area contributed by atoms with Crippen LogP contribution in [0.4, 0.5) is 0 Å². The van der Waals surface area contributed by atoms with Gasteiger partial charge >= 0.3 is 5.97 Å². The summed E-state index contributed by atoms with van der Waals surface area (Å²) in [5, 5.41) is 54.4. The van der Waals surface area contributed by atoms with Crippen molar-refractivity contribution < 1.29 is 49.3 Å². The number of rotatable bonds is 71. The van der Waals surface area contributed by atoms with Gasteiger partial charge in [-0.05, 0) is 70.6 Å². The van der Waals surface area contributed by atoms with Gasteiger partial charge in [0.2, 0.25) is 5.91 Å². The molecule has 91 heavy (non-hydrogen) atoms. The molecule has 0 saturated carbocycles. The first-order chi connectivity index (χ1) is 44.7. The summed E-state index contributed by atoms with van der Waals surface area (Å²) in [4.78, 5) is 25.1. The highest BCUT2D eigenvalue weighted by molar-refractivity contribution is 5.76. The quantitative estimate of drug-likeness (QED) is 0.0195. The number of esters is 1. The van der Waals surface area contributed by atoms with E-state index in [1.807, 2.05) is 6.08 Å². The number of hydrogen-bond donors (Lipinski definition) is 6. The molecule has 0 aliphatic carbocycles. The van der Waals surface area contributed by atoms with Crippen molar-refractivity contribution in [2.75, 3.05) is 19.8 Å². The molecule has 0 aromatic carbocycles. The van der Waals surface area contributed by atoms with Gasteiger partial charge in [0.1, 0.15) is 24.4 Å². The van der Waals surface area contributed by atoms with E-state index in [4.69, 9.17) is 14.2 Å². The molecule has 1 fully saturated rings. The van der Waals surface area contributed by atoms with Crippen molar-refractivity contribution in [2.24, 2.45) is 0 Å². The summed E-state index contributed by atoms with van der Waals surface area (Å²) in [6, 6.07) is -0.824. The van der Waals surface area contributed by atoms with Gasteiger partial charge in [0.25, 0.3) is 0 Å². The molecule has 11 heteroatoms. The van der Waals surface area contributed by atoms with Crippen LogP contribution < -0.4 is 5.32 Å². The van der Waals surface area contributed by atoms with Gasteiger partial charge in [-0.2, -0.15) is 0 Å². The third kappa shape index (κ3) is 57.8. The summed E-state index contributed by atoms with van der Waals surface area (Å²) < 4.78 is 16.7. The van der Waals surface area contributed by atoms with E-state index in [0.29, 0.717) is 19.4 Å². The molecule has 0 radical (unpaired) electrons. The van der Waals surface area contributed by atoms with Gasteiger partial charge < -0.3 is 45.1 Å². The topological polar surface area (TPSA) is 175 Å². The number of aliphatic hydroxyl groups is 5. The third-order valence-corrected chi connectivity index (χ3v) is 19.0. The SMILES string of the molecule is CCCCCCC/C=C/CC/C=C/C(O)C(COC1OC(CO)C(O)C(O)C1O)NC(=O)CCCCCCCCCCCCCCCCCCC/C=C\CCCCCCCCCCCCCCCCCCCCOC(=O)CCCCCCCCCCCCCCC. The predicted octanol–water partition coefficient (Wildman–Crippen LogP) is 21.3. The second-order valence-electron chi connectivity index (χ2n) is 27.8. The summed E-state index contributed by atoms with van der Waals surface area (Å²) in [5.41, 5.74) is 0. The molecule has 6 N–H and O–H groups in total. The van der Waals surface area contributed by atoms with Crippen LogP contribution in [0.3, 0.4) is 0 Å². The number of amides is 1. The number of carbonyl (C=O) groups excluding carboxylic acids is 2. The van der Waals surface area contributed by atoms with Crippen molar-refractivity contribution in [2.45, 2.75) is 442 Å². The fourth-order valence-corrected chi connectivity index (χ4v) is 12.7. The van der Waals surface area contributed by atoms with Gasteiger partial charge in [0, 0.05) is 12.8 Å². The van der Waals surface area contributed by atoms with E-state index < -0.39 is 49.5 Å². The summed E-state index contributed by atoms with van der Waals surface area (Å²) in [7, 11) is 0. The first-order valence-electron chi connectivity index (χ1n) is 39.8. The zero-order valence-corrected chi connectivity index (χ0v) is 59.8. The van der Waals surface area contributed by atoms with E-state index in [0.717, 1.165) is 51.4 Å². The van der Waals surface area contributed by atoms with Crippen LogP contribution in [-0.4, -0.2) is 100 Å². The first-order valence-corrected chi connectivity index (χ1v) is 39.8. The number of hydrogen-bond acceptors (Lipinski definition) is 10. The predicted molar refractivity (Wildman–Crippen MR) is 384 cm³/mol. The van der Waals surface area contributed by atoms with Gasteiger partial charge in [0.05, 0.1) is 32.0 Å². The van der Waals surface area contributed by atoms with Gasteiger partial charge in [-0.25, -0.2) is 0 Å². The van der Waals surface area contributed by atoms with Crippen molar-refractivity contribution >= 4 is 11.9 Å². The van der Waals surface area contributed by atoms with Crippen molar-refractivity contribution in [3.63, 3.8) is 0 Å². The van der Waals surface area contributed by atoms with Crippen LogP contribution in [0.25, 0.3) is 0 Å². The number of allylic oxidation sites excluding steroid dienone is 5. The molecule has 0 spiro atoms. The van der Waals surface area contributed by atoms with Crippen molar-refractivity contribution in [1.29, 1.82) is 0 Å². The van der Waals surface area contributed by atoms with Gasteiger partial charge in [-0.15, -0.1) is 0 Å². The van der Waals surface area contributed by atoms with Crippen LogP contribution in [0.2, 0.25) is 0 Å². The lowest BCUT2D eigenvalue weighted by atomic mass is 9.99. The van der Waals surface area contributed by atoms with E-state index in [2.05, 4.69) is 43.5 Å². The van der Waals surface area contributed by atoms with E-state index in [-0.39, 0.29) is 18.5 Å². The standard InChI is InChI=1S/C80H151NO10/c1-3-5-7-9-11-13-15-43-48-52-56-60-64-68-76(85)89-69-65-61-57-53-49-45-42-40-38-36-34-32-30-28-26-24-22-20-18-16-17-19-21-23-25-27-29-31-33-35-37-39-41-44-47-51-55-59-63-67-75(84)81-72(71-90-80-79(88)78(87)77(86)74(70-82)91-80)73(83)66-62-58-54-50-46-14-12-10-8-6-4-2/h16-17,46,50,62,66,72-74,77-80,82-83,86-88H,3-15,18-45,47-49,51-61,63-65,67-71H2,1-2H3,(H,81,84)/b17-16-,50-46+,66-62+. The van der Waals surface area contributed by atoms with E-state index in [1.165, 1.54) is 321 Å². The average molecular weight is 1290 g/mol. The molecule has 536 valence electrons. The molecule has 7 atom stereocenters. The Morgan fingerprint density at radius 2 is 0.714 bits per heavy atom. The highest BCUT2D eigenvalue weighted by atomic mass is 16.7. The molecule has 0 bridgehead atoms. The molecular formula is C80H151NO10. The van der Waals surface area contributed by atoms with E-state index >= 15 is 0 Å². The smallest absolute Gasteiger partial charge is 0.305 e. The Hall–Kier alpha value is -2.12. The van der Waals surface area contributed by atoms with Crippen LogP contribution in [0.15, 0.2) is 36.5 Å². The van der Waals surface area contributed by atoms with Crippen LogP contribution in [0.5, 0.6) is 0 Å². The summed E-state index contributed by atoms with van der Waals surface area (Å²) in [6.07, 6.45) is 80.5. The highest BCUT2D eigenvalue weighted by Crippen LogP contribution is 2.24. The molecule has 0 aromatic rings. The summed E-state index contributed by atoms with van der Waals surface area (Å²) >= 11 is 0. The fraction of sp³-hybridized carbons (Fsp3) is 0.900. The lowest BCUT2D eigenvalue weighted by Crippen LogP contribution is -2.60. The first kappa shape index (κ1) is 86.9. The Balaban J connectivity index is 1.87. The normalized spacial score (nSPS) is 17.7. The highest BCUT2D eigenvalue weighted by Gasteiger charge is 2.44. The monoisotopic (exact) mass is 1290 g/mol. The summed E-state index contributed by atoms with van der Waals surface area (Å²) in [5.74, 6) is -0.168. The van der Waals surface area contributed by atoms with Gasteiger partial charge in [-0.1, -0.05) is 352 Å². The molecule has 1 saturated heterocycles. The van der Waals surface area contributed by atoms with E-state index in [1.54, 1.807) is 6.08 Å². The minimum atomic E-state index is -1.57. The molecule has 1 aliphatic rings. The number of ether oxygens (including phenoxy) is 3. The maximum Gasteiger partial charge on any atom is 0.305 e. The fourth-order valence-electron chi connectivity index (χ4n) is 12.7. The Morgan fingerprint density at radius 1 is 0.396 bits per heavy atom. The second kappa shape index (κ2) is 69.2. The zero-order chi connectivity index (χ0) is 65.8. The number of aliphatic hydroxyl groups excluding tert-OH is 5. The lowest BCUT2D eigenvalue weighted by molar-refractivity contribution is -0.302. The molecule has 0 aromatic heterocycles. The van der Waals surface area contributed by atoms with Crippen LogP contribution in [0.1, 0.15) is 399 Å². The number of carbonyl (C=O) groups is 2. The largest absolute Gasteiger partial charge is 0.466 e. The van der Waals surface area contributed by atoms with Crippen molar-refractivity contribution in [3.8, 4) is 0 Å². The molecule has 7 unspecified atom stereocenters. The van der Waals surface area contributed by atoms with E-state index in [9.17, 15) is 35.1 Å². The van der Waals surface area contributed by atoms with Crippen molar-refractivity contribution in [3.05, 3.63) is 36.5 Å². The minimum Gasteiger partial charge on any atom is -0.466 e. The Bertz CT molecular complexity index is 1610. The molecule has 1 aliphatic heterocycles. The van der Waals surface area contributed by atoms with Gasteiger partial charge in [0.15, 0.2) is 6.29 Å². The number of unbranched alkanes of at least 4 members (excludes halogenated alkanes) is 53.